The normalized spacial score (nSPS) is 25.1. The van der Waals surface area contributed by atoms with Gasteiger partial charge < -0.3 is 89.9 Å². The number of carbonyl (C=O) groups excluding carboxylic acids is 1. The first-order valence-electron chi connectivity index (χ1n) is 46.8. The fourth-order valence-corrected chi connectivity index (χ4v) is 15.5. The van der Waals surface area contributed by atoms with Gasteiger partial charge in [-0.2, -0.15) is 0 Å². The lowest BCUT2D eigenvalue weighted by atomic mass is 9.96. The molecule has 3 heterocycles. The smallest absolute Gasteiger partial charge is 0.220 e. The van der Waals surface area contributed by atoms with E-state index in [0.717, 1.165) is 70.6 Å². The van der Waals surface area contributed by atoms with Gasteiger partial charge in [-0.15, -0.1) is 0 Å². The molecule has 17 atom stereocenters. The number of unbranched alkanes of at least 4 members (excludes halogenated alkanes) is 48. The van der Waals surface area contributed by atoms with Crippen LogP contribution in [-0.4, -0.2) is 193 Å². The van der Waals surface area contributed by atoms with Crippen molar-refractivity contribution in [1.29, 1.82) is 0 Å². The summed E-state index contributed by atoms with van der Waals surface area (Å²) >= 11 is 0. The summed E-state index contributed by atoms with van der Waals surface area (Å²) in [6, 6.07) is -1.00. The Morgan fingerprint density at radius 1 is 0.325 bits per heavy atom. The number of amides is 1. The second-order valence-electron chi connectivity index (χ2n) is 33.1. The lowest BCUT2D eigenvalue weighted by Crippen LogP contribution is -2.66. The highest BCUT2D eigenvalue weighted by molar-refractivity contribution is 5.76. The van der Waals surface area contributed by atoms with Gasteiger partial charge in [-0.1, -0.05) is 375 Å². The van der Waals surface area contributed by atoms with E-state index in [1.807, 2.05) is 6.08 Å². The van der Waals surface area contributed by atoms with Crippen molar-refractivity contribution in [3.05, 3.63) is 85.1 Å². The van der Waals surface area contributed by atoms with Crippen LogP contribution in [0.4, 0.5) is 0 Å². The number of nitrogens with one attached hydrogen (secondary N) is 1. The van der Waals surface area contributed by atoms with Crippen molar-refractivity contribution in [2.45, 2.75) is 484 Å². The third-order valence-electron chi connectivity index (χ3n) is 22.9. The van der Waals surface area contributed by atoms with Crippen molar-refractivity contribution in [3.8, 4) is 0 Å². The van der Waals surface area contributed by atoms with Gasteiger partial charge >= 0.3 is 0 Å². The van der Waals surface area contributed by atoms with E-state index >= 15 is 0 Å². The number of hydrogen-bond acceptors (Lipinski definition) is 18. The zero-order chi connectivity index (χ0) is 82.4. The minimum Gasteiger partial charge on any atom is -0.394 e. The molecule has 0 spiro atoms. The maximum Gasteiger partial charge on any atom is 0.220 e. The van der Waals surface area contributed by atoms with Gasteiger partial charge in [0.25, 0.3) is 0 Å². The van der Waals surface area contributed by atoms with E-state index in [1.54, 1.807) is 6.08 Å². The van der Waals surface area contributed by atoms with E-state index in [0.29, 0.717) is 12.8 Å². The first-order valence-corrected chi connectivity index (χ1v) is 46.8. The highest BCUT2D eigenvalue weighted by Gasteiger charge is 2.54. The molecular weight excluding hydrogens is 1440 g/mol. The molecule has 1 amide bonds. The molecule has 3 rings (SSSR count). The third-order valence-corrected chi connectivity index (χ3v) is 22.9. The minimum absolute atomic E-state index is 0.233. The summed E-state index contributed by atoms with van der Waals surface area (Å²) in [5.41, 5.74) is 0. The molecule has 3 aliphatic rings. The summed E-state index contributed by atoms with van der Waals surface area (Å²) in [7, 11) is 0. The molecule has 3 fully saturated rings. The topological polar surface area (TPSA) is 307 Å². The number of ether oxygens (including phenoxy) is 6. The Morgan fingerprint density at radius 3 is 0.982 bits per heavy atom. The van der Waals surface area contributed by atoms with Gasteiger partial charge in [0.05, 0.1) is 38.6 Å². The van der Waals surface area contributed by atoms with E-state index in [4.69, 9.17) is 28.4 Å². The summed E-state index contributed by atoms with van der Waals surface area (Å²) in [6.07, 6.45) is 74.7. The Morgan fingerprint density at radius 2 is 0.614 bits per heavy atom. The van der Waals surface area contributed by atoms with Gasteiger partial charge in [-0.05, 0) is 83.5 Å². The maximum absolute atomic E-state index is 13.5. The molecule has 0 aliphatic carbocycles. The molecule has 0 aromatic carbocycles. The van der Waals surface area contributed by atoms with Crippen molar-refractivity contribution in [2.75, 3.05) is 26.4 Å². The number of aliphatic hydroxyl groups excluding tert-OH is 11. The number of aliphatic hydroxyl groups is 11. The average Bonchev–Trinajstić information content (AvgIpc) is 0.783. The van der Waals surface area contributed by atoms with Crippen LogP contribution in [0.25, 0.3) is 0 Å². The van der Waals surface area contributed by atoms with Crippen molar-refractivity contribution in [3.63, 3.8) is 0 Å². The molecule has 0 radical (unpaired) electrons. The fourth-order valence-electron chi connectivity index (χ4n) is 15.5. The Labute approximate surface area is 692 Å². The van der Waals surface area contributed by atoms with Crippen LogP contribution in [0.2, 0.25) is 0 Å². The molecule has 0 aromatic heterocycles. The highest BCUT2D eigenvalue weighted by Crippen LogP contribution is 2.34. The zero-order valence-corrected chi connectivity index (χ0v) is 71.8. The predicted octanol–water partition coefficient (Wildman–Crippen LogP) is 18.5. The fraction of sp³-hybridized carbons (Fsp3) is 0.842. The Bertz CT molecular complexity index is 2380. The molecule has 3 saturated heterocycles. The molecule has 17 unspecified atom stereocenters. The Kier molecular flexibility index (Phi) is 68.1. The second-order valence-corrected chi connectivity index (χ2v) is 33.1. The molecule has 664 valence electrons. The number of allylic oxidation sites excluding steroid dienone is 13. The summed E-state index contributed by atoms with van der Waals surface area (Å²) in [5, 5.41) is 121. The van der Waals surface area contributed by atoms with E-state index in [2.05, 4.69) is 92.1 Å². The molecule has 12 N–H and O–H groups in total. The minimum atomic E-state index is -1.99. The maximum atomic E-state index is 13.5. The van der Waals surface area contributed by atoms with Gasteiger partial charge in [-0.3, -0.25) is 4.79 Å². The van der Waals surface area contributed by atoms with Crippen LogP contribution in [0.3, 0.4) is 0 Å². The SMILES string of the molecule is CC/C=C\C/C=C\C/C=C\C/C=C\CCCCCCCCCCCCCCCCCCCCCCCCCCCCC(=O)NC(COC1OC(CO)C(OC2OC(CO)C(OC3OC(CO)C(O)C(O)C3O)C(O)C2O)C(O)C1O)C(O)/C=C/CC/C=C/CC/C=C/CCCCCCCCCCCCCCCCCCCCCC. The van der Waals surface area contributed by atoms with Gasteiger partial charge in [0, 0.05) is 6.42 Å². The summed E-state index contributed by atoms with van der Waals surface area (Å²) in [4.78, 5) is 13.5. The van der Waals surface area contributed by atoms with E-state index in [9.17, 15) is 61.0 Å². The van der Waals surface area contributed by atoms with Gasteiger partial charge in [0.2, 0.25) is 5.91 Å². The van der Waals surface area contributed by atoms with Gasteiger partial charge in [-0.25, -0.2) is 0 Å². The molecule has 0 saturated carbocycles. The largest absolute Gasteiger partial charge is 0.394 e. The van der Waals surface area contributed by atoms with E-state index in [-0.39, 0.29) is 18.9 Å². The molecule has 114 heavy (non-hydrogen) atoms. The molecule has 3 aliphatic heterocycles. The monoisotopic (exact) mass is 1610 g/mol. The van der Waals surface area contributed by atoms with Crippen LogP contribution in [0.15, 0.2) is 85.1 Å². The van der Waals surface area contributed by atoms with Gasteiger partial charge in [0.15, 0.2) is 18.9 Å². The molecule has 0 bridgehead atoms. The average molecular weight is 1620 g/mol. The number of rotatable bonds is 76. The van der Waals surface area contributed by atoms with Crippen molar-refractivity contribution >= 4 is 5.91 Å². The first-order chi connectivity index (χ1) is 55.8. The first kappa shape index (κ1) is 105. The third kappa shape index (κ3) is 51.6. The van der Waals surface area contributed by atoms with E-state index in [1.165, 1.54) is 276 Å². The molecular formula is C95H171NO18. The van der Waals surface area contributed by atoms with E-state index < -0.39 is 124 Å². The van der Waals surface area contributed by atoms with Crippen molar-refractivity contribution in [1.82, 2.24) is 5.32 Å². The predicted molar refractivity (Wildman–Crippen MR) is 461 cm³/mol. The quantitative estimate of drug-likeness (QED) is 0.0199. The van der Waals surface area contributed by atoms with Crippen LogP contribution in [0.5, 0.6) is 0 Å². The van der Waals surface area contributed by atoms with Crippen LogP contribution in [0, 0.1) is 0 Å². The van der Waals surface area contributed by atoms with Crippen molar-refractivity contribution in [2.24, 2.45) is 0 Å². The number of carbonyl (C=O) groups is 1. The van der Waals surface area contributed by atoms with Crippen molar-refractivity contribution < 1.29 is 89.4 Å². The summed E-state index contributed by atoms with van der Waals surface area (Å²) < 4.78 is 34.5. The highest BCUT2D eigenvalue weighted by atomic mass is 16.8. The van der Waals surface area contributed by atoms with Crippen LogP contribution < -0.4 is 5.32 Å². The summed E-state index contributed by atoms with van der Waals surface area (Å²) in [6.45, 7) is 1.65. The molecule has 19 nitrogen and oxygen atoms in total. The second kappa shape index (κ2) is 73.9. The standard InChI is InChI=1S/C95H171NO18/c1-3-5-7-9-11-13-15-17-19-21-23-25-27-29-31-33-35-36-37-38-39-40-41-42-43-45-47-49-51-53-55-57-59-61-63-65-67-69-71-73-83(101)96-78(79(100)72-70-68-66-64-62-60-58-56-54-52-50-48-46-44-34-32-30-28-26-24-22-20-18-16-14-12-10-8-6-4-2)77-109-93-89(107)86(104)91(81(75-98)111-93)114-95-90(108)87(105)92(82(76-99)112-95)113-94-88(106)85(103)84(102)80(74-97)110-94/h5,7,11,13,17,19,23,25,54,56,62,64,70,72,78-82,84-95,97-100,102-108H,3-4,6,8-10,12,14-16,18,20-22,24,26-53,55,57-61,63,65-69,71,73-77H2,1-2H3,(H,96,101)/b7-5-,13-11-,19-17-,25-23-,56-54+,64-62+,72-70+. The zero-order valence-electron chi connectivity index (χ0n) is 71.8. The van der Waals surface area contributed by atoms with Crippen LogP contribution >= 0.6 is 0 Å². The lowest BCUT2D eigenvalue weighted by Gasteiger charge is -2.48. The van der Waals surface area contributed by atoms with Crippen LogP contribution in [0.1, 0.15) is 380 Å². The van der Waals surface area contributed by atoms with Crippen LogP contribution in [-0.2, 0) is 33.2 Å². The number of hydrogen-bond donors (Lipinski definition) is 12. The van der Waals surface area contributed by atoms with Gasteiger partial charge in [0.1, 0.15) is 73.2 Å². The lowest BCUT2D eigenvalue weighted by molar-refractivity contribution is -0.379. The Balaban J connectivity index is 1.31. The molecule has 0 aromatic rings. The summed E-state index contributed by atoms with van der Waals surface area (Å²) in [5.74, 6) is -0.284. The Hall–Kier alpha value is -3.03. The molecule has 19 heteroatoms.